The van der Waals surface area contributed by atoms with Crippen LogP contribution in [-0.2, 0) is 6.42 Å². The van der Waals surface area contributed by atoms with Gasteiger partial charge in [-0.25, -0.2) is 4.98 Å². The smallest absolute Gasteiger partial charge is 0.235 e. The van der Waals surface area contributed by atoms with E-state index in [1.165, 1.54) is 0 Å². The molecule has 0 aliphatic carbocycles. The van der Waals surface area contributed by atoms with Crippen LogP contribution in [0.3, 0.4) is 0 Å². The van der Waals surface area contributed by atoms with Crippen molar-refractivity contribution in [1.82, 2.24) is 9.97 Å². The Bertz CT molecular complexity index is 297. The quantitative estimate of drug-likeness (QED) is 0.738. The van der Waals surface area contributed by atoms with E-state index in [9.17, 15) is 0 Å². The highest BCUT2D eigenvalue weighted by Crippen LogP contribution is 2.13. The molecule has 0 saturated heterocycles. The van der Waals surface area contributed by atoms with Gasteiger partial charge in [0.25, 0.3) is 0 Å². The van der Waals surface area contributed by atoms with E-state index >= 15 is 0 Å². The summed E-state index contributed by atoms with van der Waals surface area (Å²) in [5, 5.41) is 0. The van der Waals surface area contributed by atoms with Crippen LogP contribution in [0.1, 0.15) is 32.2 Å². The van der Waals surface area contributed by atoms with E-state index in [0.29, 0.717) is 18.4 Å². The Morgan fingerprint density at radius 1 is 1.43 bits per heavy atom. The molecule has 0 bridgehead atoms. The fourth-order valence-corrected chi connectivity index (χ4v) is 1.31. The molecule has 3 heteroatoms. The van der Waals surface area contributed by atoms with Crippen molar-refractivity contribution in [2.45, 2.75) is 34.1 Å². The number of nitrogens with zero attached hydrogens (tertiary/aromatic N) is 2. The fourth-order valence-electron chi connectivity index (χ4n) is 1.31. The van der Waals surface area contributed by atoms with Crippen LogP contribution >= 0.6 is 0 Å². The Morgan fingerprint density at radius 3 is 2.64 bits per heavy atom. The molecular formula is C11H18N2O. The molecule has 0 aromatic carbocycles. The van der Waals surface area contributed by atoms with Crippen molar-refractivity contribution in [3.63, 3.8) is 0 Å². The summed E-state index contributed by atoms with van der Waals surface area (Å²) in [4.78, 5) is 8.68. The molecule has 0 radical (unpaired) electrons. The monoisotopic (exact) mass is 194 g/mol. The van der Waals surface area contributed by atoms with Crippen LogP contribution in [0.15, 0.2) is 6.20 Å². The highest BCUT2D eigenvalue weighted by Gasteiger charge is 2.05. The minimum absolute atomic E-state index is 0.613. The zero-order valence-corrected chi connectivity index (χ0v) is 9.37. The first-order chi connectivity index (χ1) is 6.63. The summed E-state index contributed by atoms with van der Waals surface area (Å²) < 4.78 is 5.32. The van der Waals surface area contributed by atoms with E-state index in [0.717, 1.165) is 17.8 Å². The van der Waals surface area contributed by atoms with E-state index in [-0.39, 0.29) is 0 Å². The van der Waals surface area contributed by atoms with Crippen molar-refractivity contribution in [2.75, 3.05) is 6.61 Å². The molecule has 0 amide bonds. The summed E-state index contributed by atoms with van der Waals surface area (Å²) in [6.45, 7) is 8.87. The van der Waals surface area contributed by atoms with Gasteiger partial charge in [-0.05, 0) is 26.2 Å². The maximum atomic E-state index is 5.32. The van der Waals surface area contributed by atoms with Gasteiger partial charge in [0.05, 0.1) is 24.2 Å². The van der Waals surface area contributed by atoms with Crippen molar-refractivity contribution < 1.29 is 4.74 Å². The standard InChI is InChI=1S/C11H18N2O/c1-5-14-11-9(4)13-10(7-12-11)6-8(2)3/h7-8H,5-6H2,1-4H3. The molecule has 0 atom stereocenters. The van der Waals surface area contributed by atoms with Crippen LogP contribution in [0.25, 0.3) is 0 Å². The summed E-state index contributed by atoms with van der Waals surface area (Å²) in [5.74, 6) is 1.27. The van der Waals surface area contributed by atoms with Gasteiger partial charge in [-0.15, -0.1) is 0 Å². The number of aryl methyl sites for hydroxylation is 1. The number of aromatic nitrogens is 2. The SMILES string of the molecule is CCOc1ncc(CC(C)C)nc1C. The summed E-state index contributed by atoms with van der Waals surface area (Å²) in [6, 6.07) is 0. The van der Waals surface area contributed by atoms with Gasteiger partial charge in [0.2, 0.25) is 5.88 Å². The predicted molar refractivity (Wildman–Crippen MR) is 56.5 cm³/mol. The lowest BCUT2D eigenvalue weighted by Gasteiger charge is -2.08. The molecule has 1 rings (SSSR count). The molecule has 0 fully saturated rings. The Morgan fingerprint density at radius 2 is 2.14 bits per heavy atom. The van der Waals surface area contributed by atoms with Crippen molar-refractivity contribution in [3.05, 3.63) is 17.6 Å². The van der Waals surface area contributed by atoms with Gasteiger partial charge in [-0.3, -0.25) is 4.98 Å². The maximum Gasteiger partial charge on any atom is 0.235 e. The molecule has 0 aliphatic heterocycles. The molecule has 0 saturated carbocycles. The first kappa shape index (κ1) is 11.0. The van der Waals surface area contributed by atoms with Crippen LogP contribution in [0, 0.1) is 12.8 Å². The largest absolute Gasteiger partial charge is 0.477 e. The zero-order chi connectivity index (χ0) is 10.6. The van der Waals surface area contributed by atoms with Crippen LogP contribution < -0.4 is 4.74 Å². The summed E-state index contributed by atoms with van der Waals surface area (Å²) in [5.41, 5.74) is 1.92. The number of rotatable bonds is 4. The highest BCUT2D eigenvalue weighted by atomic mass is 16.5. The van der Waals surface area contributed by atoms with Gasteiger partial charge in [0.15, 0.2) is 0 Å². The minimum Gasteiger partial charge on any atom is -0.477 e. The zero-order valence-electron chi connectivity index (χ0n) is 9.37. The Kier molecular flexibility index (Phi) is 3.86. The Labute approximate surface area is 85.5 Å². The third kappa shape index (κ3) is 2.98. The molecule has 1 aromatic heterocycles. The van der Waals surface area contributed by atoms with Gasteiger partial charge < -0.3 is 4.74 Å². The number of hydrogen-bond acceptors (Lipinski definition) is 3. The second kappa shape index (κ2) is 4.94. The molecular weight excluding hydrogens is 176 g/mol. The van der Waals surface area contributed by atoms with E-state index in [4.69, 9.17) is 4.74 Å². The lowest BCUT2D eigenvalue weighted by atomic mass is 10.1. The molecule has 0 spiro atoms. The fraction of sp³-hybridized carbons (Fsp3) is 0.636. The topological polar surface area (TPSA) is 35.0 Å². The van der Waals surface area contributed by atoms with Gasteiger partial charge >= 0.3 is 0 Å². The molecule has 0 N–H and O–H groups in total. The predicted octanol–water partition coefficient (Wildman–Crippen LogP) is 2.38. The molecule has 0 unspecified atom stereocenters. The maximum absolute atomic E-state index is 5.32. The van der Waals surface area contributed by atoms with Crippen LogP contribution in [0.4, 0.5) is 0 Å². The van der Waals surface area contributed by atoms with Gasteiger partial charge in [-0.2, -0.15) is 0 Å². The minimum atomic E-state index is 0.613. The Hall–Kier alpha value is -1.12. The van der Waals surface area contributed by atoms with Gasteiger partial charge in [0.1, 0.15) is 0 Å². The molecule has 0 aliphatic rings. The van der Waals surface area contributed by atoms with Crippen LogP contribution in [-0.4, -0.2) is 16.6 Å². The third-order valence-corrected chi connectivity index (χ3v) is 1.85. The van der Waals surface area contributed by atoms with Crippen LogP contribution in [0.2, 0.25) is 0 Å². The van der Waals surface area contributed by atoms with Crippen LogP contribution in [0.5, 0.6) is 5.88 Å². The lowest BCUT2D eigenvalue weighted by molar-refractivity contribution is 0.321. The number of hydrogen-bond donors (Lipinski definition) is 0. The van der Waals surface area contributed by atoms with Crippen molar-refractivity contribution in [3.8, 4) is 5.88 Å². The second-order valence-electron chi connectivity index (χ2n) is 3.78. The van der Waals surface area contributed by atoms with E-state index in [1.807, 2.05) is 13.8 Å². The van der Waals surface area contributed by atoms with E-state index in [2.05, 4.69) is 23.8 Å². The normalized spacial score (nSPS) is 10.6. The Balaban J connectivity index is 2.78. The van der Waals surface area contributed by atoms with E-state index < -0.39 is 0 Å². The molecule has 14 heavy (non-hydrogen) atoms. The average Bonchev–Trinajstić information content (AvgIpc) is 2.09. The van der Waals surface area contributed by atoms with Gasteiger partial charge in [0, 0.05) is 0 Å². The second-order valence-corrected chi connectivity index (χ2v) is 3.78. The highest BCUT2D eigenvalue weighted by molar-refractivity contribution is 5.18. The molecule has 1 aromatic rings. The summed E-state index contributed by atoms with van der Waals surface area (Å²) in [7, 11) is 0. The molecule has 78 valence electrons. The van der Waals surface area contributed by atoms with Crippen molar-refractivity contribution in [1.29, 1.82) is 0 Å². The summed E-state index contributed by atoms with van der Waals surface area (Å²) >= 11 is 0. The first-order valence-corrected chi connectivity index (χ1v) is 5.08. The summed E-state index contributed by atoms with van der Waals surface area (Å²) in [6.07, 6.45) is 2.78. The van der Waals surface area contributed by atoms with Gasteiger partial charge in [-0.1, -0.05) is 13.8 Å². The van der Waals surface area contributed by atoms with Crippen molar-refractivity contribution >= 4 is 0 Å². The van der Waals surface area contributed by atoms with E-state index in [1.54, 1.807) is 6.20 Å². The number of ether oxygens (including phenoxy) is 1. The molecule has 3 nitrogen and oxygen atoms in total. The lowest BCUT2D eigenvalue weighted by Crippen LogP contribution is -2.03. The van der Waals surface area contributed by atoms with Crippen molar-refractivity contribution in [2.24, 2.45) is 5.92 Å². The molecule has 1 heterocycles. The first-order valence-electron chi connectivity index (χ1n) is 5.08. The third-order valence-electron chi connectivity index (χ3n) is 1.85. The average molecular weight is 194 g/mol.